The first-order valence-corrected chi connectivity index (χ1v) is 6.76. The van der Waals surface area contributed by atoms with E-state index in [9.17, 15) is 0 Å². The van der Waals surface area contributed by atoms with Crippen molar-refractivity contribution in [3.05, 3.63) is 29.8 Å². The van der Waals surface area contributed by atoms with Crippen LogP contribution in [0, 0.1) is 5.41 Å². The van der Waals surface area contributed by atoms with Crippen LogP contribution < -0.4 is 4.74 Å². The van der Waals surface area contributed by atoms with E-state index >= 15 is 0 Å². The molecule has 0 aliphatic carbocycles. The van der Waals surface area contributed by atoms with Crippen LogP contribution in [0.15, 0.2) is 24.3 Å². The van der Waals surface area contributed by atoms with Gasteiger partial charge < -0.3 is 9.47 Å². The Bertz CT molecular complexity index is 377. The van der Waals surface area contributed by atoms with E-state index in [2.05, 4.69) is 52.0 Å². The van der Waals surface area contributed by atoms with Gasteiger partial charge in [0.15, 0.2) is 0 Å². The molecule has 1 aliphatic rings. The third-order valence-electron chi connectivity index (χ3n) is 3.83. The zero-order valence-electron chi connectivity index (χ0n) is 12.0. The first-order chi connectivity index (χ1) is 8.45. The molecule has 2 rings (SSSR count). The van der Waals surface area contributed by atoms with Gasteiger partial charge >= 0.3 is 0 Å². The van der Waals surface area contributed by atoms with E-state index < -0.39 is 0 Å². The minimum atomic E-state index is 0.199. The smallest absolute Gasteiger partial charge is 0.119 e. The van der Waals surface area contributed by atoms with E-state index in [0.717, 1.165) is 32.0 Å². The Morgan fingerprint density at radius 2 is 1.78 bits per heavy atom. The number of benzene rings is 1. The first-order valence-electron chi connectivity index (χ1n) is 6.76. The van der Waals surface area contributed by atoms with Crippen LogP contribution >= 0.6 is 0 Å². The normalized spacial score (nSPS) is 18.2. The molecule has 2 nitrogen and oxygen atoms in total. The maximum absolute atomic E-state index is 5.89. The van der Waals surface area contributed by atoms with Gasteiger partial charge in [0.1, 0.15) is 5.75 Å². The molecule has 0 radical (unpaired) electrons. The average molecular weight is 248 g/mol. The van der Waals surface area contributed by atoms with Gasteiger partial charge in [-0.1, -0.05) is 39.8 Å². The Hall–Kier alpha value is -1.02. The van der Waals surface area contributed by atoms with Gasteiger partial charge in [0.2, 0.25) is 0 Å². The van der Waals surface area contributed by atoms with Crippen LogP contribution in [-0.2, 0) is 10.2 Å². The largest absolute Gasteiger partial charge is 0.493 e. The van der Waals surface area contributed by atoms with E-state index in [4.69, 9.17) is 9.47 Å². The molecular weight excluding hydrogens is 224 g/mol. The maximum Gasteiger partial charge on any atom is 0.119 e. The molecule has 0 spiro atoms. The summed E-state index contributed by atoms with van der Waals surface area (Å²) in [6.45, 7) is 11.3. The third-order valence-corrected chi connectivity index (χ3v) is 3.83. The molecule has 0 amide bonds. The van der Waals surface area contributed by atoms with Gasteiger partial charge in [0.05, 0.1) is 25.2 Å². The molecule has 0 N–H and O–H groups in total. The molecule has 1 aliphatic heterocycles. The lowest BCUT2D eigenvalue weighted by Gasteiger charge is -2.40. The number of hydrogen-bond acceptors (Lipinski definition) is 2. The van der Waals surface area contributed by atoms with Crippen molar-refractivity contribution in [2.24, 2.45) is 5.41 Å². The summed E-state index contributed by atoms with van der Waals surface area (Å²) >= 11 is 0. The van der Waals surface area contributed by atoms with Crippen molar-refractivity contribution < 1.29 is 9.47 Å². The molecule has 1 saturated heterocycles. The summed E-state index contributed by atoms with van der Waals surface area (Å²) in [7, 11) is 0. The first kappa shape index (κ1) is 13.4. The van der Waals surface area contributed by atoms with E-state index in [1.54, 1.807) is 0 Å². The third kappa shape index (κ3) is 2.86. The molecule has 0 aromatic heterocycles. The maximum atomic E-state index is 5.89. The Morgan fingerprint density at radius 1 is 1.17 bits per heavy atom. The molecular formula is C16H24O2. The highest BCUT2D eigenvalue weighted by Crippen LogP contribution is 2.32. The summed E-state index contributed by atoms with van der Waals surface area (Å²) in [5.74, 6) is 0.961. The standard InChI is InChI=1S/C16H24O2/c1-5-16(10-17-11-16)12-18-14-8-6-13(7-9-14)15(2,3)4/h6-9H,5,10-12H2,1-4H3. The quantitative estimate of drug-likeness (QED) is 0.807. The molecule has 1 aromatic rings. The van der Waals surface area contributed by atoms with Gasteiger partial charge in [-0.15, -0.1) is 0 Å². The highest BCUT2D eigenvalue weighted by Gasteiger charge is 2.37. The number of rotatable bonds is 4. The van der Waals surface area contributed by atoms with Gasteiger partial charge in [0, 0.05) is 0 Å². The van der Waals surface area contributed by atoms with Crippen LogP contribution in [0.4, 0.5) is 0 Å². The zero-order valence-corrected chi connectivity index (χ0v) is 12.0. The number of ether oxygens (including phenoxy) is 2. The lowest BCUT2D eigenvalue weighted by atomic mass is 9.84. The second-order valence-electron chi connectivity index (χ2n) is 6.41. The SMILES string of the molecule is CCC1(COc2ccc(C(C)(C)C)cc2)COC1. The van der Waals surface area contributed by atoms with Gasteiger partial charge in [-0.05, 0) is 29.5 Å². The van der Waals surface area contributed by atoms with Crippen molar-refractivity contribution >= 4 is 0 Å². The van der Waals surface area contributed by atoms with E-state index in [1.807, 2.05) is 0 Å². The average Bonchev–Trinajstić information content (AvgIpc) is 2.28. The number of hydrogen-bond donors (Lipinski definition) is 0. The monoisotopic (exact) mass is 248 g/mol. The topological polar surface area (TPSA) is 18.5 Å². The van der Waals surface area contributed by atoms with E-state index in [-0.39, 0.29) is 10.8 Å². The van der Waals surface area contributed by atoms with Gasteiger partial charge in [-0.25, -0.2) is 0 Å². The summed E-state index contributed by atoms with van der Waals surface area (Å²) < 4.78 is 11.2. The summed E-state index contributed by atoms with van der Waals surface area (Å²) in [6, 6.07) is 8.46. The van der Waals surface area contributed by atoms with Crippen molar-refractivity contribution in [3.63, 3.8) is 0 Å². The predicted octanol–water partition coefficient (Wildman–Crippen LogP) is 3.79. The zero-order chi connectivity index (χ0) is 13.2. The Labute approximate surface area is 110 Å². The van der Waals surface area contributed by atoms with Crippen LogP contribution in [-0.4, -0.2) is 19.8 Å². The molecule has 18 heavy (non-hydrogen) atoms. The van der Waals surface area contributed by atoms with Crippen LogP contribution in [0.25, 0.3) is 0 Å². The summed E-state index contributed by atoms with van der Waals surface area (Å²) in [4.78, 5) is 0. The molecule has 1 fully saturated rings. The molecule has 1 aromatic carbocycles. The molecule has 0 unspecified atom stereocenters. The molecule has 2 heteroatoms. The predicted molar refractivity (Wildman–Crippen MR) is 74.2 cm³/mol. The lowest BCUT2D eigenvalue weighted by molar-refractivity contribution is -0.133. The molecule has 0 saturated carbocycles. The molecule has 0 bridgehead atoms. The molecule has 1 heterocycles. The Kier molecular flexibility index (Phi) is 3.67. The summed E-state index contributed by atoms with van der Waals surface area (Å²) in [5, 5.41) is 0. The second-order valence-corrected chi connectivity index (χ2v) is 6.41. The summed E-state index contributed by atoms with van der Waals surface area (Å²) in [6.07, 6.45) is 1.12. The van der Waals surface area contributed by atoms with Gasteiger partial charge in [-0.2, -0.15) is 0 Å². The highest BCUT2D eigenvalue weighted by atomic mass is 16.5. The van der Waals surface area contributed by atoms with Crippen LogP contribution in [0.3, 0.4) is 0 Å². The van der Waals surface area contributed by atoms with Crippen molar-refractivity contribution in [1.82, 2.24) is 0 Å². The minimum Gasteiger partial charge on any atom is -0.493 e. The second kappa shape index (κ2) is 4.93. The van der Waals surface area contributed by atoms with Gasteiger partial charge in [-0.3, -0.25) is 0 Å². The fraction of sp³-hybridized carbons (Fsp3) is 0.625. The fourth-order valence-electron chi connectivity index (χ4n) is 2.07. The van der Waals surface area contributed by atoms with Crippen molar-refractivity contribution in [2.45, 2.75) is 39.5 Å². The van der Waals surface area contributed by atoms with E-state index in [1.165, 1.54) is 5.56 Å². The molecule has 100 valence electrons. The fourth-order valence-corrected chi connectivity index (χ4v) is 2.07. The van der Waals surface area contributed by atoms with Crippen molar-refractivity contribution in [1.29, 1.82) is 0 Å². The van der Waals surface area contributed by atoms with Crippen LogP contribution in [0.1, 0.15) is 39.7 Å². The Balaban J connectivity index is 1.94. The molecule has 0 atom stereocenters. The minimum absolute atomic E-state index is 0.199. The lowest BCUT2D eigenvalue weighted by Crippen LogP contribution is -2.46. The van der Waals surface area contributed by atoms with Crippen molar-refractivity contribution in [2.75, 3.05) is 19.8 Å². The summed E-state index contributed by atoms with van der Waals surface area (Å²) in [5.41, 5.74) is 1.79. The Morgan fingerprint density at radius 3 is 2.17 bits per heavy atom. The van der Waals surface area contributed by atoms with E-state index in [0.29, 0.717) is 0 Å². The van der Waals surface area contributed by atoms with Crippen molar-refractivity contribution in [3.8, 4) is 5.75 Å². The van der Waals surface area contributed by atoms with Gasteiger partial charge in [0.25, 0.3) is 0 Å². The van der Waals surface area contributed by atoms with Crippen LogP contribution in [0.5, 0.6) is 5.75 Å². The van der Waals surface area contributed by atoms with Crippen LogP contribution in [0.2, 0.25) is 0 Å². The highest BCUT2D eigenvalue weighted by molar-refractivity contribution is 5.31.